The van der Waals surface area contributed by atoms with E-state index in [1.165, 1.54) is 12.1 Å². The molecule has 2 aromatic rings. The van der Waals surface area contributed by atoms with Crippen molar-refractivity contribution in [2.75, 3.05) is 18.5 Å². The van der Waals surface area contributed by atoms with Gasteiger partial charge in [-0.3, -0.25) is 9.48 Å². The van der Waals surface area contributed by atoms with Crippen LogP contribution in [-0.2, 0) is 22.0 Å². The van der Waals surface area contributed by atoms with Crippen LogP contribution in [0.1, 0.15) is 18.4 Å². The maximum Gasteiger partial charge on any atom is 0.236 e. The number of nitrogens with one attached hydrogen (secondary N) is 1. The number of carbonyl (C=O) groups excluding carboxylic acids is 1. The first-order valence-corrected chi connectivity index (χ1v) is 7.25. The van der Waals surface area contributed by atoms with E-state index in [4.69, 9.17) is 4.74 Å². The molecule has 1 aliphatic rings. The summed E-state index contributed by atoms with van der Waals surface area (Å²) >= 11 is 0. The highest BCUT2D eigenvalue weighted by Gasteiger charge is 2.42. The van der Waals surface area contributed by atoms with E-state index in [0.29, 0.717) is 31.9 Å². The van der Waals surface area contributed by atoms with Crippen LogP contribution < -0.4 is 5.32 Å². The van der Waals surface area contributed by atoms with Gasteiger partial charge in [-0.2, -0.15) is 5.10 Å². The first-order chi connectivity index (χ1) is 10.6. The van der Waals surface area contributed by atoms with Gasteiger partial charge in [0.25, 0.3) is 0 Å². The molecule has 22 heavy (non-hydrogen) atoms. The first kappa shape index (κ1) is 14.7. The highest BCUT2D eigenvalue weighted by atomic mass is 19.1. The molecule has 1 saturated heterocycles. The normalized spacial score (nSPS) is 17.2. The third-order valence-corrected chi connectivity index (χ3v) is 4.13. The minimum Gasteiger partial charge on any atom is -0.381 e. The molecule has 1 aromatic heterocycles. The molecule has 0 spiro atoms. The standard InChI is InChI=1S/C16H18FN3O2/c1-20-9-6-14(19-20)18-15(21)16(7-10-22-11-8-16)12-2-4-13(17)5-3-12/h2-6,9H,7-8,10-11H2,1H3,(H,18,19,21). The van der Waals surface area contributed by atoms with Gasteiger partial charge in [0.15, 0.2) is 5.82 Å². The minimum atomic E-state index is -0.705. The number of nitrogens with zero attached hydrogens (tertiary/aromatic N) is 2. The second-order valence-electron chi connectivity index (χ2n) is 5.53. The molecule has 0 atom stereocenters. The zero-order valence-corrected chi connectivity index (χ0v) is 12.4. The van der Waals surface area contributed by atoms with Crippen LogP contribution >= 0.6 is 0 Å². The number of ether oxygens (including phenoxy) is 1. The van der Waals surface area contributed by atoms with Crippen molar-refractivity contribution in [3.05, 3.63) is 47.9 Å². The minimum absolute atomic E-state index is 0.124. The largest absolute Gasteiger partial charge is 0.381 e. The second-order valence-corrected chi connectivity index (χ2v) is 5.53. The Hall–Kier alpha value is -2.21. The van der Waals surface area contributed by atoms with Crippen molar-refractivity contribution in [1.29, 1.82) is 0 Å². The molecular weight excluding hydrogens is 285 g/mol. The molecule has 5 nitrogen and oxygen atoms in total. The van der Waals surface area contributed by atoms with Gasteiger partial charge < -0.3 is 10.1 Å². The van der Waals surface area contributed by atoms with Gasteiger partial charge >= 0.3 is 0 Å². The predicted octanol–water partition coefficient (Wildman–Crippen LogP) is 2.25. The zero-order chi connectivity index (χ0) is 15.6. The number of hydrogen-bond donors (Lipinski definition) is 1. The van der Waals surface area contributed by atoms with Crippen molar-refractivity contribution in [1.82, 2.24) is 9.78 Å². The average Bonchev–Trinajstić information content (AvgIpc) is 2.93. The molecular formula is C16H18FN3O2. The van der Waals surface area contributed by atoms with Crippen LogP contribution in [0.5, 0.6) is 0 Å². The number of benzene rings is 1. The molecule has 1 aliphatic heterocycles. The summed E-state index contributed by atoms with van der Waals surface area (Å²) in [6, 6.07) is 7.88. The molecule has 3 rings (SSSR count). The highest BCUT2D eigenvalue weighted by molar-refractivity contribution is 5.98. The van der Waals surface area contributed by atoms with E-state index < -0.39 is 5.41 Å². The van der Waals surface area contributed by atoms with Crippen LogP contribution in [0.3, 0.4) is 0 Å². The van der Waals surface area contributed by atoms with Crippen LogP contribution in [-0.4, -0.2) is 28.9 Å². The Morgan fingerprint density at radius 3 is 2.55 bits per heavy atom. The Bertz CT molecular complexity index is 660. The van der Waals surface area contributed by atoms with Crippen molar-refractivity contribution in [2.45, 2.75) is 18.3 Å². The smallest absolute Gasteiger partial charge is 0.236 e. The van der Waals surface area contributed by atoms with Crippen LogP contribution in [0.4, 0.5) is 10.2 Å². The third-order valence-electron chi connectivity index (χ3n) is 4.13. The predicted molar refractivity (Wildman–Crippen MR) is 80.0 cm³/mol. The van der Waals surface area contributed by atoms with Gasteiger partial charge in [0.2, 0.25) is 5.91 Å². The summed E-state index contributed by atoms with van der Waals surface area (Å²) < 4.78 is 20.2. The lowest BCUT2D eigenvalue weighted by atomic mass is 9.73. The summed E-state index contributed by atoms with van der Waals surface area (Å²) in [6.07, 6.45) is 2.90. The van der Waals surface area contributed by atoms with Crippen LogP contribution in [0.2, 0.25) is 0 Å². The van der Waals surface area contributed by atoms with Crippen molar-refractivity contribution in [3.63, 3.8) is 0 Å². The molecule has 116 valence electrons. The van der Waals surface area contributed by atoms with E-state index >= 15 is 0 Å². The third kappa shape index (κ3) is 2.74. The SMILES string of the molecule is Cn1ccc(NC(=O)C2(c3ccc(F)cc3)CCOCC2)n1. The Morgan fingerprint density at radius 1 is 1.27 bits per heavy atom. The lowest BCUT2D eigenvalue weighted by molar-refractivity contribution is -0.125. The van der Waals surface area contributed by atoms with E-state index in [0.717, 1.165) is 5.56 Å². The maximum atomic E-state index is 13.2. The maximum absolute atomic E-state index is 13.2. The average molecular weight is 303 g/mol. The number of halogens is 1. The van der Waals surface area contributed by atoms with Gasteiger partial charge in [0, 0.05) is 32.5 Å². The number of aryl methyl sites for hydroxylation is 1. The van der Waals surface area contributed by atoms with Gasteiger partial charge in [-0.25, -0.2) is 4.39 Å². The number of carbonyl (C=O) groups is 1. The summed E-state index contributed by atoms with van der Waals surface area (Å²) in [5.74, 6) is 0.0812. The molecule has 2 heterocycles. The Labute approximate surface area is 128 Å². The van der Waals surface area contributed by atoms with Gasteiger partial charge in [-0.1, -0.05) is 12.1 Å². The van der Waals surface area contributed by atoms with Crippen molar-refractivity contribution in [3.8, 4) is 0 Å². The molecule has 1 N–H and O–H groups in total. The fourth-order valence-electron chi connectivity index (χ4n) is 2.85. The quantitative estimate of drug-likeness (QED) is 0.946. The van der Waals surface area contributed by atoms with E-state index in [2.05, 4.69) is 10.4 Å². The summed E-state index contributed by atoms with van der Waals surface area (Å²) in [5.41, 5.74) is 0.106. The van der Waals surface area contributed by atoms with Gasteiger partial charge in [0.05, 0.1) is 5.41 Å². The summed E-state index contributed by atoms with van der Waals surface area (Å²) in [5, 5.41) is 7.04. The Kier molecular flexibility index (Phi) is 3.94. The summed E-state index contributed by atoms with van der Waals surface area (Å²) in [6.45, 7) is 1.01. The van der Waals surface area contributed by atoms with Crippen LogP contribution in [0.15, 0.2) is 36.5 Å². The van der Waals surface area contributed by atoms with Crippen molar-refractivity contribution >= 4 is 11.7 Å². The molecule has 0 saturated carbocycles. The summed E-state index contributed by atoms with van der Waals surface area (Å²) in [4.78, 5) is 12.9. The second kappa shape index (κ2) is 5.88. The van der Waals surface area contributed by atoms with E-state index in [1.54, 1.807) is 36.1 Å². The van der Waals surface area contributed by atoms with E-state index in [-0.39, 0.29) is 11.7 Å². The number of anilines is 1. The lowest BCUT2D eigenvalue weighted by Gasteiger charge is -2.36. The van der Waals surface area contributed by atoms with E-state index in [9.17, 15) is 9.18 Å². The molecule has 0 aliphatic carbocycles. The molecule has 1 amide bonds. The molecule has 1 fully saturated rings. The molecule has 0 unspecified atom stereocenters. The van der Waals surface area contributed by atoms with Crippen molar-refractivity contribution < 1.29 is 13.9 Å². The molecule has 0 bridgehead atoms. The van der Waals surface area contributed by atoms with Crippen LogP contribution in [0.25, 0.3) is 0 Å². The van der Waals surface area contributed by atoms with Crippen molar-refractivity contribution in [2.24, 2.45) is 7.05 Å². The molecule has 0 radical (unpaired) electrons. The van der Waals surface area contributed by atoms with Gasteiger partial charge in [-0.05, 0) is 30.5 Å². The van der Waals surface area contributed by atoms with Crippen LogP contribution in [0, 0.1) is 5.82 Å². The number of hydrogen-bond acceptors (Lipinski definition) is 3. The first-order valence-electron chi connectivity index (χ1n) is 7.25. The summed E-state index contributed by atoms with van der Waals surface area (Å²) in [7, 11) is 1.79. The van der Waals surface area contributed by atoms with Gasteiger partial charge in [0.1, 0.15) is 5.82 Å². The Morgan fingerprint density at radius 2 is 1.95 bits per heavy atom. The fourth-order valence-corrected chi connectivity index (χ4v) is 2.85. The zero-order valence-electron chi connectivity index (χ0n) is 12.4. The molecule has 1 aromatic carbocycles. The molecule has 6 heteroatoms. The fraction of sp³-hybridized carbons (Fsp3) is 0.375. The van der Waals surface area contributed by atoms with E-state index in [1.807, 2.05) is 0 Å². The highest BCUT2D eigenvalue weighted by Crippen LogP contribution is 2.36. The lowest BCUT2D eigenvalue weighted by Crippen LogP contribution is -2.45. The monoisotopic (exact) mass is 303 g/mol. The number of aromatic nitrogens is 2. The Balaban J connectivity index is 1.91. The number of rotatable bonds is 3. The topological polar surface area (TPSA) is 56.2 Å². The number of amides is 1. The van der Waals surface area contributed by atoms with Gasteiger partial charge in [-0.15, -0.1) is 0 Å².